The van der Waals surface area contributed by atoms with E-state index in [0.29, 0.717) is 17.7 Å². The van der Waals surface area contributed by atoms with Gasteiger partial charge in [-0.05, 0) is 42.7 Å². The molecule has 0 amide bonds. The van der Waals surface area contributed by atoms with E-state index >= 15 is 0 Å². The van der Waals surface area contributed by atoms with Crippen molar-refractivity contribution < 1.29 is 19.1 Å². The van der Waals surface area contributed by atoms with Gasteiger partial charge in [-0.25, -0.2) is 4.79 Å². The monoisotopic (exact) mass is 340 g/mol. The van der Waals surface area contributed by atoms with Crippen molar-refractivity contribution in [3.05, 3.63) is 65.2 Å². The molecule has 25 heavy (non-hydrogen) atoms. The van der Waals surface area contributed by atoms with Gasteiger partial charge in [-0.2, -0.15) is 0 Å². The summed E-state index contributed by atoms with van der Waals surface area (Å²) in [6.45, 7) is 4.55. The topological polar surface area (TPSA) is 52.6 Å². The van der Waals surface area contributed by atoms with Crippen molar-refractivity contribution in [1.82, 2.24) is 0 Å². The number of rotatable bonds is 9. The summed E-state index contributed by atoms with van der Waals surface area (Å²) in [4.78, 5) is 24.1. The summed E-state index contributed by atoms with van der Waals surface area (Å²) in [6, 6.07) is 14.1. The van der Waals surface area contributed by atoms with Gasteiger partial charge >= 0.3 is 5.97 Å². The SMILES string of the molecule is CCCCOc1ccc(C(=O)OCC(=O)c2ccc(CC)cc2)cc1. The van der Waals surface area contributed by atoms with E-state index in [2.05, 4.69) is 13.8 Å². The Morgan fingerprint density at radius 2 is 1.52 bits per heavy atom. The van der Waals surface area contributed by atoms with Crippen LogP contribution in [0.2, 0.25) is 0 Å². The second kappa shape index (κ2) is 9.62. The normalized spacial score (nSPS) is 10.3. The Hall–Kier alpha value is -2.62. The third-order valence-electron chi connectivity index (χ3n) is 3.88. The first-order valence-corrected chi connectivity index (χ1v) is 8.66. The van der Waals surface area contributed by atoms with Gasteiger partial charge < -0.3 is 9.47 Å². The molecular formula is C21H24O4. The Morgan fingerprint density at radius 1 is 0.880 bits per heavy atom. The molecule has 0 atom stereocenters. The fourth-order valence-corrected chi connectivity index (χ4v) is 2.25. The van der Waals surface area contributed by atoms with Crippen LogP contribution in [-0.4, -0.2) is 25.0 Å². The van der Waals surface area contributed by atoms with Crippen molar-refractivity contribution in [3.8, 4) is 5.75 Å². The largest absolute Gasteiger partial charge is 0.494 e. The summed E-state index contributed by atoms with van der Waals surface area (Å²) in [7, 11) is 0. The molecule has 0 saturated carbocycles. The Morgan fingerprint density at radius 3 is 2.12 bits per heavy atom. The van der Waals surface area contributed by atoms with Gasteiger partial charge in [-0.1, -0.05) is 44.5 Å². The molecule has 4 heteroatoms. The number of ether oxygens (including phenoxy) is 2. The molecule has 4 nitrogen and oxygen atoms in total. The van der Waals surface area contributed by atoms with Gasteiger partial charge in [0, 0.05) is 5.56 Å². The van der Waals surface area contributed by atoms with Crippen LogP contribution in [0, 0.1) is 0 Å². The van der Waals surface area contributed by atoms with E-state index in [4.69, 9.17) is 9.47 Å². The lowest BCUT2D eigenvalue weighted by atomic mass is 10.1. The summed E-state index contributed by atoms with van der Waals surface area (Å²) in [5.41, 5.74) is 2.11. The fourth-order valence-electron chi connectivity index (χ4n) is 2.25. The lowest BCUT2D eigenvalue weighted by Gasteiger charge is -2.07. The number of ketones is 1. The van der Waals surface area contributed by atoms with Crippen LogP contribution >= 0.6 is 0 Å². The van der Waals surface area contributed by atoms with E-state index in [9.17, 15) is 9.59 Å². The summed E-state index contributed by atoms with van der Waals surface area (Å²) < 4.78 is 10.7. The van der Waals surface area contributed by atoms with E-state index in [-0.39, 0.29) is 12.4 Å². The standard InChI is InChI=1S/C21H24O4/c1-3-5-14-24-19-12-10-18(11-13-19)21(23)25-15-20(22)17-8-6-16(4-2)7-9-17/h6-13H,3-5,14-15H2,1-2H3. The van der Waals surface area contributed by atoms with Crippen molar-refractivity contribution in [3.63, 3.8) is 0 Å². The molecule has 0 aliphatic heterocycles. The smallest absolute Gasteiger partial charge is 0.338 e. The van der Waals surface area contributed by atoms with E-state index in [1.54, 1.807) is 36.4 Å². The molecule has 0 bridgehead atoms. The predicted octanol–water partition coefficient (Wildman–Crippen LogP) is 4.47. The number of benzene rings is 2. The zero-order valence-corrected chi connectivity index (χ0v) is 14.8. The third kappa shape index (κ3) is 5.75. The first kappa shape index (κ1) is 18.7. The highest BCUT2D eigenvalue weighted by atomic mass is 16.5. The number of aryl methyl sites for hydroxylation is 1. The first-order chi connectivity index (χ1) is 12.1. The number of unbranched alkanes of at least 4 members (excludes halogenated alkanes) is 1. The molecule has 0 aromatic heterocycles. The van der Waals surface area contributed by atoms with Gasteiger partial charge in [0.2, 0.25) is 0 Å². The Bertz CT molecular complexity index is 687. The van der Waals surface area contributed by atoms with Crippen molar-refractivity contribution in [2.45, 2.75) is 33.1 Å². The molecular weight excluding hydrogens is 316 g/mol. The van der Waals surface area contributed by atoms with Gasteiger partial charge in [0.15, 0.2) is 12.4 Å². The van der Waals surface area contributed by atoms with Crippen LogP contribution in [0.4, 0.5) is 0 Å². The minimum Gasteiger partial charge on any atom is -0.494 e. The van der Waals surface area contributed by atoms with Crippen LogP contribution in [-0.2, 0) is 11.2 Å². The summed E-state index contributed by atoms with van der Waals surface area (Å²) in [5, 5.41) is 0. The number of hydrogen-bond acceptors (Lipinski definition) is 4. The Balaban J connectivity index is 1.85. The third-order valence-corrected chi connectivity index (χ3v) is 3.88. The molecule has 0 aliphatic rings. The fraction of sp³-hybridized carbons (Fsp3) is 0.333. The van der Waals surface area contributed by atoms with E-state index in [0.717, 1.165) is 30.6 Å². The molecule has 132 valence electrons. The number of carbonyl (C=O) groups excluding carboxylic acids is 2. The summed E-state index contributed by atoms with van der Waals surface area (Å²) in [6.07, 6.45) is 2.98. The van der Waals surface area contributed by atoms with Crippen LogP contribution in [0.25, 0.3) is 0 Å². The second-order valence-corrected chi connectivity index (χ2v) is 5.78. The zero-order chi connectivity index (χ0) is 18.1. The Kier molecular flexibility index (Phi) is 7.20. The molecule has 0 fully saturated rings. The quantitative estimate of drug-likeness (QED) is 0.384. The molecule has 2 aromatic rings. The molecule has 0 radical (unpaired) electrons. The van der Waals surface area contributed by atoms with Crippen LogP contribution in [0.1, 0.15) is 53.0 Å². The first-order valence-electron chi connectivity index (χ1n) is 8.66. The van der Waals surface area contributed by atoms with Crippen LogP contribution in [0.15, 0.2) is 48.5 Å². The van der Waals surface area contributed by atoms with Gasteiger partial charge in [-0.3, -0.25) is 4.79 Å². The van der Waals surface area contributed by atoms with Crippen molar-refractivity contribution in [2.24, 2.45) is 0 Å². The minimum absolute atomic E-state index is 0.212. The van der Waals surface area contributed by atoms with Gasteiger partial charge in [0.05, 0.1) is 12.2 Å². The molecule has 0 unspecified atom stereocenters. The van der Waals surface area contributed by atoms with Crippen molar-refractivity contribution in [1.29, 1.82) is 0 Å². The van der Waals surface area contributed by atoms with E-state index < -0.39 is 5.97 Å². The molecule has 0 heterocycles. The molecule has 0 N–H and O–H groups in total. The van der Waals surface area contributed by atoms with Crippen LogP contribution < -0.4 is 4.74 Å². The highest BCUT2D eigenvalue weighted by Crippen LogP contribution is 2.14. The van der Waals surface area contributed by atoms with E-state index in [1.807, 2.05) is 12.1 Å². The number of carbonyl (C=O) groups is 2. The highest BCUT2D eigenvalue weighted by Gasteiger charge is 2.12. The lowest BCUT2D eigenvalue weighted by molar-refractivity contribution is 0.0474. The minimum atomic E-state index is -0.515. The maximum Gasteiger partial charge on any atom is 0.338 e. The number of esters is 1. The molecule has 0 aliphatic carbocycles. The molecule has 2 aromatic carbocycles. The summed E-state index contributed by atoms with van der Waals surface area (Å²) >= 11 is 0. The lowest BCUT2D eigenvalue weighted by Crippen LogP contribution is -2.14. The van der Waals surface area contributed by atoms with Crippen molar-refractivity contribution >= 4 is 11.8 Å². The molecule has 2 rings (SSSR count). The predicted molar refractivity (Wildman–Crippen MR) is 97.3 cm³/mol. The average molecular weight is 340 g/mol. The van der Waals surface area contributed by atoms with Gasteiger partial charge in [0.1, 0.15) is 5.75 Å². The van der Waals surface area contributed by atoms with Crippen LogP contribution in [0.3, 0.4) is 0 Å². The number of hydrogen-bond donors (Lipinski definition) is 0. The van der Waals surface area contributed by atoms with Gasteiger partial charge in [0.25, 0.3) is 0 Å². The van der Waals surface area contributed by atoms with E-state index in [1.165, 1.54) is 0 Å². The Labute approximate surface area is 148 Å². The van der Waals surface area contributed by atoms with Gasteiger partial charge in [-0.15, -0.1) is 0 Å². The molecule has 0 spiro atoms. The summed E-state index contributed by atoms with van der Waals surface area (Å²) in [5.74, 6) is -0.00810. The zero-order valence-electron chi connectivity index (χ0n) is 14.8. The highest BCUT2D eigenvalue weighted by molar-refractivity contribution is 5.99. The average Bonchev–Trinajstić information content (AvgIpc) is 2.66. The second-order valence-electron chi connectivity index (χ2n) is 5.78. The van der Waals surface area contributed by atoms with Crippen LogP contribution in [0.5, 0.6) is 5.75 Å². The maximum absolute atomic E-state index is 12.1. The molecule has 0 saturated heterocycles. The number of Topliss-reactive ketones (excluding diaryl/α,β-unsaturated/α-hetero) is 1. The van der Waals surface area contributed by atoms with Crippen molar-refractivity contribution in [2.75, 3.05) is 13.2 Å². The maximum atomic E-state index is 12.1.